The van der Waals surface area contributed by atoms with Gasteiger partial charge in [-0.1, -0.05) is 59.2 Å². The molecule has 4 nitrogen and oxygen atoms in total. The van der Waals surface area contributed by atoms with Crippen LogP contribution in [-0.2, 0) is 9.59 Å². The number of fused-ring (bicyclic) bond motifs is 1. The molecule has 0 aliphatic carbocycles. The predicted molar refractivity (Wildman–Crippen MR) is 82.7 cm³/mol. The van der Waals surface area contributed by atoms with Gasteiger partial charge in [-0.25, -0.2) is 9.59 Å². The second-order valence-electron chi connectivity index (χ2n) is 3.70. The van der Waals surface area contributed by atoms with Crippen LogP contribution in [0.1, 0.15) is 0 Å². The second-order valence-corrected chi connectivity index (χ2v) is 8.36. The van der Waals surface area contributed by atoms with E-state index in [1.165, 1.54) is 0 Å². The average Bonchev–Trinajstić information content (AvgIpc) is 3.02. The van der Waals surface area contributed by atoms with Crippen molar-refractivity contribution in [2.24, 2.45) is 0 Å². The van der Waals surface area contributed by atoms with Crippen LogP contribution in [-0.4, -0.2) is 22.2 Å². The highest BCUT2D eigenvalue weighted by Crippen LogP contribution is 2.60. The number of benzene rings is 1. The molecule has 0 radical (unpaired) electrons. The number of hydrogen-bond acceptors (Lipinski definition) is 6. The molecule has 2 heterocycles. The summed E-state index contributed by atoms with van der Waals surface area (Å²) in [6, 6.07) is 7.88. The van der Waals surface area contributed by atoms with Gasteiger partial charge in [0.25, 0.3) is 0 Å². The van der Waals surface area contributed by atoms with Crippen LogP contribution < -0.4 is 0 Å². The van der Waals surface area contributed by atoms with E-state index in [4.69, 9.17) is 10.2 Å². The van der Waals surface area contributed by atoms with E-state index in [2.05, 4.69) is 0 Å². The molecule has 0 spiro atoms. The van der Waals surface area contributed by atoms with Crippen LogP contribution in [0.15, 0.2) is 52.3 Å². The first-order valence-electron chi connectivity index (χ1n) is 5.32. The molecule has 0 bridgehead atoms. The maximum Gasteiger partial charge on any atom is 0.344 e. The molecule has 1 aromatic carbocycles. The number of carboxylic acid groups (broad SMARTS) is 2. The maximum absolute atomic E-state index is 11.1. The van der Waals surface area contributed by atoms with Crippen molar-refractivity contribution in [3.05, 3.63) is 42.6 Å². The van der Waals surface area contributed by atoms with Crippen LogP contribution >= 0.6 is 47.0 Å². The molecule has 0 atom stereocenters. The number of aliphatic carboxylic acids is 2. The van der Waals surface area contributed by atoms with Crippen LogP contribution in [0.5, 0.6) is 0 Å². The van der Waals surface area contributed by atoms with Crippen LogP contribution in [0.3, 0.4) is 0 Å². The van der Waals surface area contributed by atoms with Gasteiger partial charge in [-0.2, -0.15) is 0 Å². The predicted octanol–water partition coefficient (Wildman–Crippen LogP) is 3.87. The SMILES string of the molecule is O=C(O)C1=C(C(=O)O)SC(=C2Sc3ccccc3S2)S1. The van der Waals surface area contributed by atoms with Crippen molar-refractivity contribution in [2.45, 2.75) is 9.79 Å². The summed E-state index contributed by atoms with van der Waals surface area (Å²) in [5.74, 6) is -2.39. The number of hydrogen-bond donors (Lipinski definition) is 2. The zero-order valence-corrected chi connectivity index (χ0v) is 12.9. The Morgan fingerprint density at radius 2 is 1.15 bits per heavy atom. The summed E-state index contributed by atoms with van der Waals surface area (Å²) in [5, 5.41) is 18.2. The van der Waals surface area contributed by atoms with E-state index in [1.54, 1.807) is 23.5 Å². The third-order valence-electron chi connectivity index (χ3n) is 2.41. The smallest absolute Gasteiger partial charge is 0.344 e. The lowest BCUT2D eigenvalue weighted by molar-refractivity contribution is -0.134. The van der Waals surface area contributed by atoms with Crippen molar-refractivity contribution in [3.8, 4) is 0 Å². The molecule has 20 heavy (non-hydrogen) atoms. The van der Waals surface area contributed by atoms with E-state index in [9.17, 15) is 9.59 Å². The lowest BCUT2D eigenvalue weighted by Crippen LogP contribution is -2.03. The Hall–Kier alpha value is -0.960. The first kappa shape index (κ1) is 14.0. The van der Waals surface area contributed by atoms with Crippen molar-refractivity contribution in [1.82, 2.24) is 0 Å². The van der Waals surface area contributed by atoms with E-state index >= 15 is 0 Å². The van der Waals surface area contributed by atoms with E-state index in [0.717, 1.165) is 41.8 Å². The van der Waals surface area contributed by atoms with Gasteiger partial charge in [-0.05, 0) is 12.1 Å². The molecule has 0 saturated heterocycles. The molecule has 0 amide bonds. The first-order chi connectivity index (χ1) is 9.56. The van der Waals surface area contributed by atoms with Gasteiger partial charge in [0.1, 0.15) is 9.81 Å². The Balaban J connectivity index is 1.91. The van der Waals surface area contributed by atoms with Gasteiger partial charge in [0.2, 0.25) is 0 Å². The highest BCUT2D eigenvalue weighted by atomic mass is 32.2. The Bertz CT molecular complexity index is 637. The van der Waals surface area contributed by atoms with Gasteiger partial charge in [0, 0.05) is 9.79 Å². The summed E-state index contributed by atoms with van der Waals surface area (Å²) < 4.78 is 1.67. The third kappa shape index (κ3) is 2.48. The molecule has 8 heteroatoms. The van der Waals surface area contributed by atoms with Crippen molar-refractivity contribution in [2.75, 3.05) is 0 Å². The molecule has 1 aromatic rings. The average molecular weight is 342 g/mol. The minimum Gasteiger partial charge on any atom is -0.477 e. The lowest BCUT2D eigenvalue weighted by atomic mass is 10.4. The second kappa shape index (κ2) is 5.44. The van der Waals surface area contributed by atoms with Crippen molar-refractivity contribution in [1.29, 1.82) is 0 Å². The lowest BCUT2D eigenvalue weighted by Gasteiger charge is -1.99. The van der Waals surface area contributed by atoms with E-state index < -0.39 is 11.9 Å². The summed E-state index contributed by atoms with van der Waals surface area (Å²) in [7, 11) is 0. The Morgan fingerprint density at radius 1 is 0.750 bits per heavy atom. The van der Waals surface area contributed by atoms with Crippen LogP contribution in [0.25, 0.3) is 0 Å². The summed E-state index contributed by atoms with van der Waals surface area (Å²) in [4.78, 5) is 24.2. The number of carboxylic acids is 2. The molecular weight excluding hydrogens is 336 g/mol. The molecule has 0 saturated carbocycles. The normalized spacial score (nSPS) is 17.6. The Kier molecular flexibility index (Phi) is 3.80. The maximum atomic E-state index is 11.1. The molecule has 2 aliphatic rings. The zero-order chi connectivity index (χ0) is 14.3. The monoisotopic (exact) mass is 342 g/mol. The summed E-state index contributed by atoms with van der Waals surface area (Å²) >= 11 is 5.15. The minimum absolute atomic E-state index is 0.109. The van der Waals surface area contributed by atoms with Crippen LogP contribution in [0, 0.1) is 0 Å². The van der Waals surface area contributed by atoms with Gasteiger partial charge < -0.3 is 10.2 Å². The van der Waals surface area contributed by atoms with Crippen molar-refractivity contribution in [3.63, 3.8) is 0 Å². The highest BCUT2D eigenvalue weighted by molar-refractivity contribution is 8.33. The molecular formula is C12H6O4S4. The van der Waals surface area contributed by atoms with E-state index in [-0.39, 0.29) is 9.81 Å². The third-order valence-corrected chi connectivity index (χ3v) is 8.06. The summed E-state index contributed by atoms with van der Waals surface area (Å²) in [5.41, 5.74) is 0. The largest absolute Gasteiger partial charge is 0.477 e. The van der Waals surface area contributed by atoms with Gasteiger partial charge >= 0.3 is 11.9 Å². The number of thioether (sulfide) groups is 4. The van der Waals surface area contributed by atoms with E-state index in [1.807, 2.05) is 24.3 Å². The van der Waals surface area contributed by atoms with E-state index in [0.29, 0.717) is 0 Å². The fourth-order valence-corrected chi connectivity index (χ4v) is 6.73. The van der Waals surface area contributed by atoms with Crippen LogP contribution in [0.2, 0.25) is 0 Å². The molecule has 2 aliphatic heterocycles. The summed E-state index contributed by atoms with van der Waals surface area (Å²) in [6.45, 7) is 0. The molecule has 102 valence electrons. The number of rotatable bonds is 2. The Morgan fingerprint density at radius 3 is 1.55 bits per heavy atom. The molecule has 0 fully saturated rings. The standard InChI is InChI=1S/C12H6O4S4/c13-9(14)7-8(10(15)16)20-12(19-7)11-17-5-3-1-2-4-6(5)18-11/h1-4H,(H,13,14)(H,15,16). The highest BCUT2D eigenvalue weighted by Gasteiger charge is 2.34. The summed E-state index contributed by atoms with van der Waals surface area (Å²) in [6.07, 6.45) is 0. The molecule has 0 unspecified atom stereocenters. The van der Waals surface area contributed by atoms with Gasteiger partial charge in [-0.15, -0.1) is 0 Å². The van der Waals surface area contributed by atoms with Gasteiger partial charge in [0.05, 0.1) is 8.47 Å². The van der Waals surface area contributed by atoms with Crippen molar-refractivity contribution >= 4 is 59.0 Å². The fourth-order valence-electron chi connectivity index (χ4n) is 1.59. The zero-order valence-electron chi connectivity index (χ0n) is 9.65. The van der Waals surface area contributed by atoms with Crippen molar-refractivity contribution < 1.29 is 19.8 Å². The molecule has 3 rings (SSSR count). The number of carbonyl (C=O) groups is 2. The van der Waals surface area contributed by atoms with Gasteiger partial charge in [0.15, 0.2) is 0 Å². The topological polar surface area (TPSA) is 74.6 Å². The van der Waals surface area contributed by atoms with Crippen LogP contribution in [0.4, 0.5) is 0 Å². The minimum atomic E-state index is -1.19. The van der Waals surface area contributed by atoms with Gasteiger partial charge in [-0.3, -0.25) is 0 Å². The fraction of sp³-hybridized carbons (Fsp3) is 0. The molecule has 2 N–H and O–H groups in total. The molecule has 0 aromatic heterocycles. The first-order valence-corrected chi connectivity index (χ1v) is 8.58. The quantitative estimate of drug-likeness (QED) is 0.839. The Labute approximate surface area is 131 Å².